The number of carboxylic acid groups (broad SMARTS) is 1. The number of nitrogens with one attached hydrogen (secondary N) is 2. The number of piperidine rings is 1. The fourth-order valence-corrected chi connectivity index (χ4v) is 4.83. The van der Waals surface area contributed by atoms with E-state index >= 15 is 0 Å². The third-order valence-corrected chi connectivity index (χ3v) is 6.62. The van der Waals surface area contributed by atoms with E-state index in [4.69, 9.17) is 5.11 Å². The average Bonchev–Trinajstić information content (AvgIpc) is 3.28. The summed E-state index contributed by atoms with van der Waals surface area (Å²) in [7, 11) is 1.72. The molecule has 1 saturated heterocycles. The number of fused-ring (bicyclic) bond motifs is 1. The van der Waals surface area contributed by atoms with Gasteiger partial charge in [0.1, 0.15) is 11.6 Å². The van der Waals surface area contributed by atoms with E-state index in [0.29, 0.717) is 12.5 Å². The van der Waals surface area contributed by atoms with E-state index in [9.17, 15) is 18.0 Å². The highest BCUT2D eigenvalue weighted by Gasteiger charge is 2.54. The number of likely N-dealkylation sites (tertiary alicyclic amines) is 1. The second-order valence-corrected chi connectivity index (χ2v) is 9.45. The molecule has 2 aromatic heterocycles. The monoisotopic (exact) mass is 520 g/mol. The molecular formula is C25H31F3N6O3. The first-order valence-electron chi connectivity index (χ1n) is 12.1. The number of imidazole rings is 2. The van der Waals surface area contributed by atoms with Crippen LogP contribution in [0.3, 0.4) is 0 Å². The summed E-state index contributed by atoms with van der Waals surface area (Å²) in [4.78, 5) is 23.9. The summed E-state index contributed by atoms with van der Waals surface area (Å²) in [6, 6.07) is 6.15. The van der Waals surface area contributed by atoms with Gasteiger partial charge in [-0.05, 0) is 42.0 Å². The van der Waals surface area contributed by atoms with Crippen LogP contribution in [-0.2, 0) is 26.6 Å². The summed E-state index contributed by atoms with van der Waals surface area (Å²) >= 11 is 0. The molecule has 0 amide bonds. The highest BCUT2D eigenvalue weighted by Crippen LogP contribution is 2.51. The predicted molar refractivity (Wildman–Crippen MR) is 129 cm³/mol. The molecule has 3 heterocycles. The summed E-state index contributed by atoms with van der Waals surface area (Å²) in [5.74, 6) is 1.98. The number of aromatic nitrogens is 4. The van der Waals surface area contributed by atoms with Crippen LogP contribution < -0.4 is 10.1 Å². The fraction of sp³-hybridized carbons (Fsp3) is 0.480. The van der Waals surface area contributed by atoms with E-state index in [-0.39, 0.29) is 11.4 Å². The molecule has 37 heavy (non-hydrogen) atoms. The third kappa shape index (κ3) is 7.56. The van der Waals surface area contributed by atoms with Gasteiger partial charge >= 0.3 is 12.3 Å². The molecule has 2 aliphatic rings. The maximum Gasteiger partial charge on any atom is 0.573 e. The van der Waals surface area contributed by atoms with Crippen molar-refractivity contribution in [2.45, 2.75) is 32.8 Å². The first kappa shape index (κ1) is 26.7. The summed E-state index contributed by atoms with van der Waals surface area (Å²) in [6.07, 6.45) is 1.09. The Morgan fingerprint density at radius 2 is 2.03 bits per heavy atom. The summed E-state index contributed by atoms with van der Waals surface area (Å²) in [5, 5.41) is 11.7. The predicted octanol–water partition coefficient (Wildman–Crippen LogP) is 3.46. The van der Waals surface area contributed by atoms with E-state index in [1.165, 1.54) is 30.4 Å². The number of aryl methyl sites for hydroxylation is 2. The van der Waals surface area contributed by atoms with Crippen molar-refractivity contribution in [3.8, 4) is 5.75 Å². The second kappa shape index (κ2) is 11.3. The molecule has 2 fully saturated rings. The Morgan fingerprint density at radius 3 is 2.59 bits per heavy atom. The first-order chi connectivity index (χ1) is 17.6. The number of hydrogen-bond acceptors (Lipinski definition) is 6. The number of hydrogen-bond donors (Lipinski definition) is 3. The number of alkyl halides is 3. The van der Waals surface area contributed by atoms with Crippen molar-refractivity contribution >= 4 is 5.97 Å². The van der Waals surface area contributed by atoms with E-state index in [0.717, 1.165) is 55.8 Å². The molecule has 200 valence electrons. The van der Waals surface area contributed by atoms with Crippen molar-refractivity contribution in [1.82, 2.24) is 29.7 Å². The Kier molecular flexibility index (Phi) is 8.18. The molecule has 2 atom stereocenters. The summed E-state index contributed by atoms with van der Waals surface area (Å²) < 4.78 is 42.5. The van der Waals surface area contributed by atoms with Crippen molar-refractivity contribution in [2.24, 2.45) is 24.8 Å². The van der Waals surface area contributed by atoms with Crippen LogP contribution in [0.25, 0.3) is 0 Å². The molecule has 3 N–H and O–H groups in total. The number of carboxylic acids is 1. The number of benzene rings is 1. The Morgan fingerprint density at radius 1 is 1.27 bits per heavy atom. The van der Waals surface area contributed by atoms with Gasteiger partial charge in [0, 0.05) is 57.7 Å². The lowest BCUT2D eigenvalue weighted by molar-refractivity contribution is -0.274. The SMILES string of the molecule is CCc1ncc(CN2CC3C(CNCc4cccc(OC(F)(F)F)c4)C3C2)[nH]1.Cn1cnc(C(=O)O)c1. The first-order valence-corrected chi connectivity index (χ1v) is 12.1. The van der Waals surface area contributed by atoms with Crippen LogP contribution in [0.5, 0.6) is 5.75 Å². The van der Waals surface area contributed by atoms with Gasteiger partial charge in [0.2, 0.25) is 0 Å². The number of H-pyrrole nitrogens is 1. The van der Waals surface area contributed by atoms with E-state index in [2.05, 4.69) is 36.8 Å². The van der Waals surface area contributed by atoms with E-state index in [1.54, 1.807) is 23.7 Å². The summed E-state index contributed by atoms with van der Waals surface area (Å²) in [5.41, 5.74) is 2.05. The van der Waals surface area contributed by atoms with Crippen molar-refractivity contribution < 1.29 is 27.8 Å². The van der Waals surface area contributed by atoms with Crippen LogP contribution in [0, 0.1) is 17.8 Å². The van der Waals surface area contributed by atoms with Crippen LogP contribution in [0.4, 0.5) is 13.2 Å². The van der Waals surface area contributed by atoms with Gasteiger partial charge in [-0.3, -0.25) is 4.90 Å². The molecule has 9 nitrogen and oxygen atoms in total. The average molecular weight is 521 g/mol. The van der Waals surface area contributed by atoms with Crippen LogP contribution in [0.15, 0.2) is 43.0 Å². The zero-order valence-electron chi connectivity index (χ0n) is 20.7. The molecule has 1 aromatic carbocycles. The molecule has 5 rings (SSSR count). The van der Waals surface area contributed by atoms with Crippen molar-refractivity contribution in [1.29, 1.82) is 0 Å². The standard InChI is InChI=1S/C20H25F3N4O.C5H6N2O2/c1-2-19-25-8-14(26-19)10-27-11-17-16(18(17)12-27)9-24-7-13-4-3-5-15(6-13)28-20(21,22)23;1-7-2-4(5(8)9)6-3-7/h3-6,8,16-18,24H,2,7,9-12H2,1H3,(H,25,26);2-3H,1H3,(H,8,9). The minimum atomic E-state index is -4.66. The lowest BCUT2D eigenvalue weighted by Crippen LogP contribution is -2.27. The van der Waals surface area contributed by atoms with Crippen molar-refractivity contribution in [3.63, 3.8) is 0 Å². The maximum absolute atomic E-state index is 12.3. The molecule has 3 aromatic rings. The lowest BCUT2D eigenvalue weighted by atomic mass is 10.2. The van der Waals surface area contributed by atoms with Gasteiger partial charge < -0.3 is 24.7 Å². The van der Waals surface area contributed by atoms with Crippen molar-refractivity contribution in [2.75, 3.05) is 19.6 Å². The van der Waals surface area contributed by atoms with Crippen LogP contribution in [-0.4, -0.2) is 61.5 Å². The quantitative estimate of drug-likeness (QED) is 0.397. The van der Waals surface area contributed by atoms with Gasteiger partial charge in [-0.2, -0.15) is 0 Å². The number of aromatic amines is 1. The number of aromatic carboxylic acids is 1. The number of halogens is 3. The van der Waals surface area contributed by atoms with Crippen molar-refractivity contribution in [3.05, 3.63) is 65.8 Å². The topological polar surface area (TPSA) is 108 Å². The van der Waals surface area contributed by atoms with Crippen LogP contribution in [0.1, 0.15) is 34.5 Å². The van der Waals surface area contributed by atoms with Crippen LogP contribution in [0.2, 0.25) is 0 Å². The van der Waals surface area contributed by atoms with E-state index < -0.39 is 12.3 Å². The minimum Gasteiger partial charge on any atom is -0.476 e. The molecule has 1 aliphatic carbocycles. The largest absolute Gasteiger partial charge is 0.573 e. The highest BCUT2D eigenvalue weighted by molar-refractivity contribution is 5.84. The van der Waals surface area contributed by atoms with Gasteiger partial charge in [-0.25, -0.2) is 14.8 Å². The molecule has 0 bridgehead atoms. The van der Waals surface area contributed by atoms with E-state index in [1.807, 2.05) is 6.20 Å². The van der Waals surface area contributed by atoms with Crippen LogP contribution >= 0.6 is 0 Å². The molecule has 0 radical (unpaired) electrons. The second-order valence-electron chi connectivity index (χ2n) is 9.45. The molecule has 1 saturated carbocycles. The summed E-state index contributed by atoms with van der Waals surface area (Å²) in [6.45, 7) is 6.66. The van der Waals surface area contributed by atoms with Gasteiger partial charge in [0.25, 0.3) is 0 Å². The Hall–Kier alpha value is -3.38. The zero-order valence-corrected chi connectivity index (χ0v) is 20.7. The Bertz CT molecular complexity index is 1180. The Balaban J connectivity index is 0.000000301. The molecule has 2 unspecified atom stereocenters. The van der Waals surface area contributed by atoms with Gasteiger partial charge in [-0.1, -0.05) is 19.1 Å². The maximum atomic E-state index is 12.3. The lowest BCUT2D eigenvalue weighted by Gasteiger charge is -2.18. The zero-order chi connectivity index (χ0) is 26.6. The molecule has 1 aliphatic heterocycles. The third-order valence-electron chi connectivity index (χ3n) is 6.62. The number of nitrogens with zero attached hydrogens (tertiary/aromatic N) is 4. The Labute approximate surface area is 212 Å². The number of carbonyl (C=O) groups is 1. The molecular weight excluding hydrogens is 489 g/mol. The molecule has 12 heteroatoms. The highest BCUT2D eigenvalue weighted by atomic mass is 19.4. The minimum absolute atomic E-state index is 0.0810. The fourth-order valence-electron chi connectivity index (χ4n) is 4.83. The molecule has 0 spiro atoms. The number of ether oxygens (including phenoxy) is 1. The van der Waals surface area contributed by atoms with Gasteiger partial charge in [0.05, 0.1) is 6.33 Å². The normalized spacial score (nSPS) is 20.7. The van der Waals surface area contributed by atoms with Gasteiger partial charge in [-0.15, -0.1) is 13.2 Å². The number of rotatable bonds is 9. The smallest absolute Gasteiger partial charge is 0.476 e. The van der Waals surface area contributed by atoms with Gasteiger partial charge in [0.15, 0.2) is 5.69 Å².